The van der Waals surface area contributed by atoms with Crippen molar-refractivity contribution in [1.82, 2.24) is 4.90 Å². The molecule has 8 heteroatoms. The van der Waals surface area contributed by atoms with Crippen LogP contribution < -0.4 is 4.57 Å². The predicted octanol–water partition coefficient (Wildman–Crippen LogP) is 5.85. The van der Waals surface area contributed by atoms with E-state index >= 15 is 0 Å². The summed E-state index contributed by atoms with van der Waals surface area (Å²) in [6, 6.07) is 12.4. The molecule has 3 amide bonds. The first kappa shape index (κ1) is 22.9. The highest BCUT2D eigenvalue weighted by molar-refractivity contribution is 9.11. The average Bonchev–Trinajstić information content (AvgIpc) is 2.89. The van der Waals surface area contributed by atoms with Gasteiger partial charge in [0.2, 0.25) is 5.91 Å². The van der Waals surface area contributed by atoms with Gasteiger partial charge < -0.3 is 4.57 Å². The fourth-order valence-corrected chi connectivity index (χ4v) is 6.42. The van der Waals surface area contributed by atoms with Crippen LogP contribution in [-0.2, 0) is 4.79 Å². The molecule has 1 heterocycles. The van der Waals surface area contributed by atoms with E-state index in [4.69, 9.17) is 0 Å². The van der Waals surface area contributed by atoms with Gasteiger partial charge in [0, 0.05) is 8.95 Å². The van der Waals surface area contributed by atoms with E-state index in [0.29, 0.717) is 11.1 Å². The molecule has 0 aromatic heterocycles. The first-order valence-corrected chi connectivity index (χ1v) is 14.1. The lowest BCUT2D eigenvalue weighted by molar-refractivity contribution is -0.118. The van der Waals surface area contributed by atoms with E-state index in [9.17, 15) is 14.4 Å². The number of fused-ring (bicyclic) bond motifs is 1. The Labute approximate surface area is 194 Å². The van der Waals surface area contributed by atoms with Crippen molar-refractivity contribution in [1.29, 1.82) is 0 Å². The van der Waals surface area contributed by atoms with Gasteiger partial charge in [0.05, 0.1) is 16.8 Å². The number of amides is 3. The molecular formula is C22H24Br2N2O3Si. The average molecular weight is 552 g/mol. The molecule has 30 heavy (non-hydrogen) atoms. The molecule has 3 rings (SSSR count). The predicted molar refractivity (Wildman–Crippen MR) is 128 cm³/mol. The molecule has 0 spiro atoms. The lowest BCUT2D eigenvalue weighted by Crippen LogP contribution is -2.60. The molecule has 5 nitrogen and oxygen atoms in total. The quantitative estimate of drug-likeness (QED) is 0.354. The normalized spacial score (nSPS) is 14.2. The third-order valence-electron chi connectivity index (χ3n) is 5.96. The van der Waals surface area contributed by atoms with Crippen molar-refractivity contribution in [2.45, 2.75) is 38.9 Å². The fraction of sp³-hybridized carbons (Fsp3) is 0.318. The van der Waals surface area contributed by atoms with E-state index in [1.54, 1.807) is 24.3 Å². The largest absolute Gasteiger partial charge is 0.338 e. The maximum absolute atomic E-state index is 13.7. The van der Waals surface area contributed by atoms with Gasteiger partial charge in [-0.2, -0.15) is 0 Å². The molecule has 0 unspecified atom stereocenters. The molecule has 158 valence electrons. The van der Waals surface area contributed by atoms with Crippen molar-refractivity contribution in [3.8, 4) is 0 Å². The van der Waals surface area contributed by atoms with Crippen LogP contribution in [0.1, 0.15) is 41.5 Å². The number of nitrogens with zero attached hydrogens (tertiary/aromatic N) is 2. The molecule has 0 saturated carbocycles. The summed E-state index contributed by atoms with van der Waals surface area (Å²) in [5.41, 5.74) is 1.42. The van der Waals surface area contributed by atoms with E-state index in [1.165, 1.54) is 0 Å². The van der Waals surface area contributed by atoms with Crippen LogP contribution in [0.3, 0.4) is 0 Å². The lowest BCUT2D eigenvalue weighted by Gasteiger charge is -2.46. The van der Waals surface area contributed by atoms with Crippen LogP contribution in [0.5, 0.6) is 0 Å². The summed E-state index contributed by atoms with van der Waals surface area (Å²) in [4.78, 5) is 40.3. The highest BCUT2D eigenvalue weighted by atomic mass is 79.9. The van der Waals surface area contributed by atoms with Crippen molar-refractivity contribution < 1.29 is 14.4 Å². The molecule has 0 atom stereocenters. The molecular weight excluding hydrogens is 528 g/mol. The van der Waals surface area contributed by atoms with Gasteiger partial charge in [0.15, 0.2) is 8.24 Å². The first-order chi connectivity index (χ1) is 13.9. The smallest absolute Gasteiger partial charge is 0.262 e. The van der Waals surface area contributed by atoms with E-state index in [0.717, 1.165) is 19.5 Å². The molecule has 1 aliphatic heterocycles. The maximum Gasteiger partial charge on any atom is 0.262 e. The minimum Gasteiger partial charge on any atom is -0.338 e. The highest BCUT2D eigenvalue weighted by Gasteiger charge is 2.46. The van der Waals surface area contributed by atoms with E-state index < -0.39 is 20.0 Å². The Bertz CT molecular complexity index is 1010. The summed E-state index contributed by atoms with van der Waals surface area (Å²) in [6.07, 6.45) is 0. The number of imide groups is 1. The molecule has 0 bridgehead atoms. The Morgan fingerprint density at radius 2 is 1.53 bits per heavy atom. The Morgan fingerprint density at radius 3 is 2.03 bits per heavy atom. The summed E-state index contributed by atoms with van der Waals surface area (Å²) in [7, 11) is -2.40. The van der Waals surface area contributed by atoms with Gasteiger partial charge in [0.25, 0.3) is 11.8 Å². The highest BCUT2D eigenvalue weighted by Crippen LogP contribution is 2.43. The Morgan fingerprint density at radius 1 is 1.00 bits per heavy atom. The van der Waals surface area contributed by atoms with Crippen molar-refractivity contribution in [3.63, 3.8) is 0 Å². The standard InChI is InChI=1S/C22H24Br2N2O3Si/c1-22(2,3)30(4,5)26(18-12-14(23)10-11-17(18)24)19(27)13-25-20(28)15-8-6-7-9-16(15)21(25)29/h6-12H,13H2,1-5H3. The summed E-state index contributed by atoms with van der Waals surface area (Å²) >= 11 is 7.07. The number of rotatable bonds is 4. The van der Waals surface area contributed by atoms with Crippen molar-refractivity contribution in [2.24, 2.45) is 0 Å². The molecule has 0 aliphatic carbocycles. The third-order valence-corrected chi connectivity index (χ3v) is 12.4. The lowest BCUT2D eigenvalue weighted by atomic mass is 10.1. The van der Waals surface area contributed by atoms with Crippen molar-refractivity contribution in [3.05, 3.63) is 62.5 Å². The van der Waals surface area contributed by atoms with Crippen LogP contribution in [0.15, 0.2) is 51.4 Å². The Balaban J connectivity index is 2.03. The molecule has 2 aromatic carbocycles. The zero-order chi connectivity index (χ0) is 22.4. The number of benzene rings is 2. The minimum absolute atomic E-state index is 0.146. The molecule has 0 saturated heterocycles. The van der Waals surface area contributed by atoms with Crippen LogP contribution in [0, 0.1) is 0 Å². The van der Waals surface area contributed by atoms with Crippen molar-refractivity contribution >= 4 is 63.5 Å². The van der Waals surface area contributed by atoms with Crippen LogP contribution in [-0.4, -0.2) is 37.4 Å². The second kappa shape index (κ2) is 8.05. The van der Waals surface area contributed by atoms with E-state index in [-0.39, 0.29) is 17.5 Å². The van der Waals surface area contributed by atoms with Gasteiger partial charge in [0.1, 0.15) is 6.54 Å². The van der Waals surface area contributed by atoms with Gasteiger partial charge in [-0.25, -0.2) is 0 Å². The Kier molecular flexibility index (Phi) is 6.15. The summed E-state index contributed by atoms with van der Waals surface area (Å²) < 4.78 is 3.45. The van der Waals surface area contributed by atoms with Crippen LogP contribution in [0.25, 0.3) is 0 Å². The van der Waals surface area contributed by atoms with Gasteiger partial charge in [-0.15, -0.1) is 0 Å². The molecule has 0 fully saturated rings. The minimum atomic E-state index is -2.40. The van der Waals surface area contributed by atoms with Gasteiger partial charge in [-0.1, -0.05) is 61.9 Å². The zero-order valence-electron chi connectivity index (χ0n) is 17.6. The summed E-state index contributed by atoms with van der Waals surface area (Å²) in [5, 5.41) is -0.146. The van der Waals surface area contributed by atoms with Gasteiger partial charge in [-0.3, -0.25) is 19.3 Å². The number of hydrogen-bond donors (Lipinski definition) is 0. The third kappa shape index (κ3) is 3.92. The number of hydrogen-bond acceptors (Lipinski definition) is 3. The summed E-state index contributed by atoms with van der Waals surface area (Å²) in [6.45, 7) is 10.3. The number of anilines is 1. The first-order valence-electron chi connectivity index (χ1n) is 9.59. The molecule has 2 aromatic rings. The second-order valence-electron chi connectivity index (χ2n) is 8.88. The number of carbonyl (C=O) groups excluding carboxylic acids is 3. The second-order valence-corrected chi connectivity index (χ2v) is 15.7. The topological polar surface area (TPSA) is 57.7 Å². The maximum atomic E-state index is 13.7. The Hall–Kier alpha value is -1.77. The van der Waals surface area contributed by atoms with Crippen LogP contribution in [0.4, 0.5) is 5.69 Å². The van der Waals surface area contributed by atoms with Gasteiger partial charge in [-0.05, 0) is 51.3 Å². The summed E-state index contributed by atoms with van der Waals surface area (Å²) in [5.74, 6) is -1.12. The van der Waals surface area contributed by atoms with Crippen molar-refractivity contribution in [2.75, 3.05) is 11.1 Å². The monoisotopic (exact) mass is 550 g/mol. The van der Waals surface area contributed by atoms with Gasteiger partial charge >= 0.3 is 0 Å². The van der Waals surface area contributed by atoms with Crippen LogP contribution in [0.2, 0.25) is 18.1 Å². The van der Waals surface area contributed by atoms with Crippen LogP contribution >= 0.6 is 31.9 Å². The van der Waals surface area contributed by atoms with E-state index in [2.05, 4.69) is 65.7 Å². The zero-order valence-corrected chi connectivity index (χ0v) is 21.8. The SMILES string of the molecule is CC(C)(C)[Si](C)(C)N(C(=O)CN1C(=O)c2ccccc2C1=O)c1cc(Br)ccc1Br. The van der Waals surface area contributed by atoms with E-state index in [1.807, 2.05) is 22.8 Å². The number of carbonyl (C=O) groups is 3. The molecule has 0 N–H and O–H groups in total. The number of halogens is 2. The fourth-order valence-electron chi connectivity index (χ4n) is 3.33. The molecule has 0 radical (unpaired) electrons. The molecule has 1 aliphatic rings.